The molecule has 1 unspecified atom stereocenters. The van der Waals surface area contributed by atoms with Crippen molar-refractivity contribution in [1.82, 2.24) is 0 Å². The molecule has 0 aliphatic rings. The van der Waals surface area contributed by atoms with Crippen LogP contribution in [0.3, 0.4) is 0 Å². The molecule has 21 heavy (non-hydrogen) atoms. The van der Waals surface area contributed by atoms with Gasteiger partial charge in [0.2, 0.25) is 0 Å². The summed E-state index contributed by atoms with van der Waals surface area (Å²) in [6.07, 6.45) is 0. The number of benzene rings is 2. The second-order valence-corrected chi connectivity index (χ2v) is 6.22. The van der Waals surface area contributed by atoms with E-state index in [4.69, 9.17) is 0 Å². The van der Waals surface area contributed by atoms with Crippen LogP contribution in [0.5, 0.6) is 0 Å². The first-order chi connectivity index (χ1) is 10.0. The molecule has 0 fully saturated rings. The molecule has 0 spiro atoms. The van der Waals surface area contributed by atoms with E-state index in [-0.39, 0.29) is 5.91 Å². The summed E-state index contributed by atoms with van der Waals surface area (Å²) < 4.78 is 1.02. The van der Waals surface area contributed by atoms with Crippen molar-refractivity contribution in [3.8, 4) is 0 Å². The van der Waals surface area contributed by atoms with Crippen LogP contribution in [0.15, 0.2) is 53.0 Å². The number of hydrogen-bond acceptors (Lipinski definition) is 1. The van der Waals surface area contributed by atoms with Crippen LogP contribution in [0, 0.1) is 6.92 Å². The Kier molecular flexibility index (Phi) is 5.53. The maximum Gasteiger partial charge on any atom is 0.279 e. The van der Waals surface area contributed by atoms with Gasteiger partial charge in [0.1, 0.15) is 6.54 Å². The minimum absolute atomic E-state index is 0.0360. The standard InChI is InChI=1S/C17H19BrN2O/c1-13-10-15(18)8-9-16(13)19-17(21)12-20(2)11-14-6-4-3-5-7-14/h3-10H,11-12H2,1-2H3,(H,19,21)/p+1. The molecule has 0 radical (unpaired) electrons. The van der Waals surface area contributed by atoms with E-state index in [9.17, 15) is 4.79 Å². The molecule has 3 nitrogen and oxygen atoms in total. The summed E-state index contributed by atoms with van der Waals surface area (Å²) in [6.45, 7) is 3.28. The summed E-state index contributed by atoms with van der Waals surface area (Å²) in [5, 5.41) is 2.97. The first kappa shape index (κ1) is 15.7. The Labute approximate surface area is 134 Å². The van der Waals surface area contributed by atoms with Gasteiger partial charge in [0.05, 0.1) is 7.05 Å². The van der Waals surface area contributed by atoms with Crippen LogP contribution in [-0.2, 0) is 11.3 Å². The second kappa shape index (κ2) is 7.38. The van der Waals surface area contributed by atoms with Gasteiger partial charge in [-0.1, -0.05) is 46.3 Å². The Morgan fingerprint density at radius 2 is 1.90 bits per heavy atom. The highest BCUT2D eigenvalue weighted by Gasteiger charge is 2.11. The molecule has 1 atom stereocenters. The predicted molar refractivity (Wildman–Crippen MR) is 89.4 cm³/mol. The lowest BCUT2D eigenvalue weighted by atomic mass is 10.2. The number of quaternary nitrogens is 1. The average Bonchev–Trinajstić information content (AvgIpc) is 2.43. The van der Waals surface area contributed by atoms with Gasteiger partial charge in [-0.25, -0.2) is 0 Å². The molecule has 0 aliphatic carbocycles. The molecule has 110 valence electrons. The van der Waals surface area contributed by atoms with Gasteiger partial charge in [-0.05, 0) is 30.7 Å². The number of carbonyl (C=O) groups is 1. The molecule has 0 saturated heterocycles. The van der Waals surface area contributed by atoms with Gasteiger partial charge in [-0.15, -0.1) is 0 Å². The highest BCUT2D eigenvalue weighted by molar-refractivity contribution is 9.10. The smallest absolute Gasteiger partial charge is 0.279 e. The SMILES string of the molecule is Cc1cc(Br)ccc1NC(=O)C[NH+](C)Cc1ccccc1. The Morgan fingerprint density at radius 3 is 2.57 bits per heavy atom. The monoisotopic (exact) mass is 347 g/mol. The lowest BCUT2D eigenvalue weighted by molar-refractivity contribution is -0.885. The Hall–Kier alpha value is -1.65. The van der Waals surface area contributed by atoms with Crippen molar-refractivity contribution in [2.45, 2.75) is 13.5 Å². The number of anilines is 1. The van der Waals surface area contributed by atoms with Crippen molar-refractivity contribution >= 4 is 27.5 Å². The van der Waals surface area contributed by atoms with Crippen molar-refractivity contribution in [3.05, 3.63) is 64.1 Å². The number of halogens is 1. The first-order valence-electron chi connectivity index (χ1n) is 6.96. The van der Waals surface area contributed by atoms with Crippen LogP contribution in [0.2, 0.25) is 0 Å². The summed E-state index contributed by atoms with van der Waals surface area (Å²) >= 11 is 3.42. The zero-order valence-corrected chi connectivity index (χ0v) is 13.9. The zero-order valence-electron chi connectivity index (χ0n) is 12.3. The summed E-state index contributed by atoms with van der Waals surface area (Å²) in [6, 6.07) is 16.1. The van der Waals surface area contributed by atoms with E-state index in [0.717, 1.165) is 27.2 Å². The lowest BCUT2D eigenvalue weighted by Crippen LogP contribution is -3.08. The fraction of sp³-hybridized carbons (Fsp3) is 0.235. The molecule has 0 bridgehead atoms. The van der Waals surface area contributed by atoms with Gasteiger partial charge in [0.25, 0.3) is 5.91 Å². The number of hydrogen-bond donors (Lipinski definition) is 2. The van der Waals surface area contributed by atoms with E-state index in [2.05, 4.69) is 33.4 Å². The van der Waals surface area contributed by atoms with Gasteiger partial charge in [-0.2, -0.15) is 0 Å². The van der Waals surface area contributed by atoms with Crippen LogP contribution >= 0.6 is 15.9 Å². The third-order valence-corrected chi connectivity index (χ3v) is 3.77. The first-order valence-corrected chi connectivity index (χ1v) is 7.75. The third kappa shape index (κ3) is 4.99. The van der Waals surface area contributed by atoms with Crippen LogP contribution < -0.4 is 10.2 Å². The van der Waals surface area contributed by atoms with Gasteiger partial charge < -0.3 is 10.2 Å². The van der Waals surface area contributed by atoms with Crippen LogP contribution in [0.4, 0.5) is 5.69 Å². The minimum atomic E-state index is 0.0360. The van der Waals surface area contributed by atoms with Crippen molar-refractivity contribution in [2.75, 3.05) is 18.9 Å². The summed E-state index contributed by atoms with van der Waals surface area (Å²) in [4.78, 5) is 13.3. The van der Waals surface area contributed by atoms with Gasteiger partial charge in [-0.3, -0.25) is 4.79 Å². The van der Waals surface area contributed by atoms with E-state index in [0.29, 0.717) is 6.54 Å². The van der Waals surface area contributed by atoms with E-state index in [1.54, 1.807) is 0 Å². The third-order valence-electron chi connectivity index (χ3n) is 3.27. The molecular weight excluding hydrogens is 328 g/mol. The quantitative estimate of drug-likeness (QED) is 0.855. The van der Waals surface area contributed by atoms with Crippen molar-refractivity contribution in [2.24, 2.45) is 0 Å². The number of rotatable bonds is 5. The largest absolute Gasteiger partial charge is 0.326 e. The van der Waals surface area contributed by atoms with Crippen molar-refractivity contribution in [3.63, 3.8) is 0 Å². The molecular formula is C17H20BrN2O+. The van der Waals surface area contributed by atoms with E-state index in [1.807, 2.05) is 50.4 Å². The second-order valence-electron chi connectivity index (χ2n) is 5.30. The van der Waals surface area contributed by atoms with E-state index >= 15 is 0 Å². The van der Waals surface area contributed by atoms with Crippen molar-refractivity contribution in [1.29, 1.82) is 0 Å². The molecule has 1 amide bonds. The number of amides is 1. The molecule has 0 heterocycles. The molecule has 0 saturated carbocycles. The topological polar surface area (TPSA) is 33.5 Å². The molecule has 2 N–H and O–H groups in total. The highest BCUT2D eigenvalue weighted by atomic mass is 79.9. The molecule has 2 aromatic carbocycles. The number of aryl methyl sites for hydroxylation is 1. The zero-order chi connectivity index (χ0) is 15.2. The van der Waals surface area contributed by atoms with Crippen LogP contribution in [0.1, 0.15) is 11.1 Å². The lowest BCUT2D eigenvalue weighted by Gasteiger charge is -2.14. The van der Waals surface area contributed by atoms with E-state index < -0.39 is 0 Å². The molecule has 4 heteroatoms. The van der Waals surface area contributed by atoms with Crippen molar-refractivity contribution < 1.29 is 9.69 Å². The fourth-order valence-electron chi connectivity index (χ4n) is 2.24. The maximum absolute atomic E-state index is 12.1. The highest BCUT2D eigenvalue weighted by Crippen LogP contribution is 2.19. The summed E-state index contributed by atoms with van der Waals surface area (Å²) in [5.74, 6) is 0.0360. The molecule has 0 aliphatic heterocycles. The summed E-state index contributed by atoms with van der Waals surface area (Å²) in [7, 11) is 2.03. The molecule has 2 rings (SSSR count). The number of likely N-dealkylation sites (N-methyl/N-ethyl adjacent to an activating group) is 1. The fourth-order valence-corrected chi connectivity index (χ4v) is 2.72. The minimum Gasteiger partial charge on any atom is -0.326 e. The van der Waals surface area contributed by atoms with E-state index in [1.165, 1.54) is 5.56 Å². The van der Waals surface area contributed by atoms with Gasteiger partial charge >= 0.3 is 0 Å². The Morgan fingerprint density at radius 1 is 1.19 bits per heavy atom. The molecule has 0 aromatic heterocycles. The Bertz CT molecular complexity index is 613. The van der Waals surface area contributed by atoms with Crippen LogP contribution in [-0.4, -0.2) is 19.5 Å². The van der Waals surface area contributed by atoms with Gasteiger partial charge in [0.15, 0.2) is 6.54 Å². The van der Waals surface area contributed by atoms with Crippen LogP contribution in [0.25, 0.3) is 0 Å². The van der Waals surface area contributed by atoms with Gasteiger partial charge in [0, 0.05) is 15.7 Å². The molecule has 2 aromatic rings. The average molecular weight is 348 g/mol. The Balaban J connectivity index is 1.89. The predicted octanol–water partition coefficient (Wildman–Crippen LogP) is 2.41. The number of carbonyl (C=O) groups excluding carboxylic acids is 1. The normalized spacial score (nSPS) is 12.0. The maximum atomic E-state index is 12.1. The summed E-state index contributed by atoms with van der Waals surface area (Å²) in [5.41, 5.74) is 3.16. The number of nitrogens with one attached hydrogen (secondary N) is 2.